The van der Waals surface area contributed by atoms with E-state index in [0.29, 0.717) is 5.56 Å². The number of fused-ring (bicyclic) bond motifs is 7. The summed E-state index contributed by atoms with van der Waals surface area (Å²) < 4.78 is 4.67. The Morgan fingerprint density at radius 3 is 2.00 bits per heavy atom. The van der Waals surface area contributed by atoms with Gasteiger partial charge in [-0.1, -0.05) is 54.6 Å². The van der Waals surface area contributed by atoms with Gasteiger partial charge in [0.25, 0.3) is 0 Å². The van der Waals surface area contributed by atoms with Crippen molar-refractivity contribution in [1.82, 2.24) is 9.13 Å². The molecule has 2 heterocycles. The largest absolute Gasteiger partial charge is 0.344 e. The number of hydrogen-bond donors (Lipinski definition) is 0. The van der Waals surface area contributed by atoms with Crippen LogP contribution in [0.15, 0.2) is 103 Å². The summed E-state index contributed by atoms with van der Waals surface area (Å²) in [5.41, 5.74) is 10.2. The molecular formula is C33H23N3. The van der Waals surface area contributed by atoms with E-state index in [2.05, 4.69) is 114 Å². The molecule has 0 spiro atoms. The number of nitrogens with zero attached hydrogens (tertiary/aromatic N) is 3. The van der Waals surface area contributed by atoms with Crippen LogP contribution in [-0.2, 0) is 7.05 Å². The van der Waals surface area contributed by atoms with Gasteiger partial charge in [0, 0.05) is 45.3 Å². The average Bonchev–Trinajstić information content (AvgIpc) is 3.41. The van der Waals surface area contributed by atoms with Crippen molar-refractivity contribution in [2.24, 2.45) is 7.05 Å². The first-order valence-corrected chi connectivity index (χ1v) is 12.2. The maximum Gasteiger partial charge on any atom is 0.0991 e. The van der Waals surface area contributed by atoms with Crippen LogP contribution < -0.4 is 0 Å². The van der Waals surface area contributed by atoms with Crippen molar-refractivity contribution < 1.29 is 0 Å². The van der Waals surface area contributed by atoms with E-state index >= 15 is 0 Å². The Hall–Kier alpha value is -4.81. The van der Waals surface area contributed by atoms with E-state index in [4.69, 9.17) is 0 Å². The Morgan fingerprint density at radius 1 is 0.639 bits per heavy atom. The molecule has 0 atom stereocenters. The monoisotopic (exact) mass is 461 g/mol. The molecule has 0 saturated heterocycles. The second-order valence-corrected chi connectivity index (χ2v) is 9.47. The smallest absolute Gasteiger partial charge is 0.0991 e. The van der Waals surface area contributed by atoms with Crippen molar-refractivity contribution >= 4 is 43.6 Å². The molecule has 0 aliphatic heterocycles. The molecule has 3 heteroatoms. The van der Waals surface area contributed by atoms with E-state index < -0.39 is 0 Å². The zero-order valence-corrected chi connectivity index (χ0v) is 20.2. The summed E-state index contributed by atoms with van der Waals surface area (Å²) in [7, 11) is 2.15. The third kappa shape index (κ3) is 2.79. The van der Waals surface area contributed by atoms with Gasteiger partial charge in [0.2, 0.25) is 0 Å². The lowest BCUT2D eigenvalue weighted by Crippen LogP contribution is -1.94. The second kappa shape index (κ2) is 7.60. The summed E-state index contributed by atoms with van der Waals surface area (Å²) >= 11 is 0. The Balaban J connectivity index is 1.50. The first-order valence-electron chi connectivity index (χ1n) is 12.2. The van der Waals surface area contributed by atoms with Gasteiger partial charge in [-0.3, -0.25) is 0 Å². The predicted molar refractivity (Wildman–Crippen MR) is 150 cm³/mol. The van der Waals surface area contributed by atoms with Crippen molar-refractivity contribution in [3.05, 3.63) is 114 Å². The number of benzene rings is 5. The van der Waals surface area contributed by atoms with Crippen molar-refractivity contribution in [1.29, 1.82) is 5.26 Å². The number of nitriles is 1. The lowest BCUT2D eigenvalue weighted by atomic mass is 9.98. The molecule has 2 aromatic heterocycles. The molecule has 0 aliphatic carbocycles. The summed E-state index contributed by atoms with van der Waals surface area (Å²) in [5.74, 6) is 0. The van der Waals surface area contributed by atoms with Gasteiger partial charge < -0.3 is 9.13 Å². The molecule has 0 aliphatic rings. The molecule has 7 rings (SSSR count). The SMILES string of the molecule is Cc1cc(C#N)ccc1-c1ccc(-n2c3ccccc3c3c4c5ccccc5n(C)c4ccc32)cc1. The maximum absolute atomic E-state index is 9.21. The Morgan fingerprint density at radius 2 is 1.28 bits per heavy atom. The van der Waals surface area contributed by atoms with E-state index in [1.165, 1.54) is 43.6 Å². The summed E-state index contributed by atoms with van der Waals surface area (Å²) in [6.07, 6.45) is 0. The molecule has 7 aromatic rings. The lowest BCUT2D eigenvalue weighted by Gasteiger charge is -2.11. The first kappa shape index (κ1) is 20.6. The van der Waals surface area contributed by atoms with Crippen LogP contribution in [0.25, 0.3) is 60.4 Å². The van der Waals surface area contributed by atoms with E-state index in [0.717, 1.165) is 22.4 Å². The molecule has 5 aromatic carbocycles. The fourth-order valence-electron chi connectivity index (χ4n) is 5.83. The number of aromatic nitrogens is 2. The summed E-state index contributed by atoms with van der Waals surface area (Å²) in [5, 5.41) is 14.4. The predicted octanol–water partition coefficient (Wildman–Crippen LogP) is 8.28. The normalized spacial score (nSPS) is 11.6. The average molecular weight is 462 g/mol. The molecule has 0 radical (unpaired) electrons. The van der Waals surface area contributed by atoms with Gasteiger partial charge in [0.1, 0.15) is 0 Å². The van der Waals surface area contributed by atoms with Crippen LogP contribution in [0.2, 0.25) is 0 Å². The molecular weight excluding hydrogens is 438 g/mol. The highest BCUT2D eigenvalue weighted by atomic mass is 15.0. The molecule has 0 fully saturated rings. The lowest BCUT2D eigenvalue weighted by molar-refractivity contribution is 1.01. The minimum Gasteiger partial charge on any atom is -0.344 e. The summed E-state index contributed by atoms with van der Waals surface area (Å²) in [4.78, 5) is 0. The Kier molecular flexibility index (Phi) is 4.34. The van der Waals surface area contributed by atoms with E-state index in [1.807, 2.05) is 18.2 Å². The maximum atomic E-state index is 9.21. The highest BCUT2D eigenvalue weighted by Crippen LogP contribution is 2.41. The highest BCUT2D eigenvalue weighted by molar-refractivity contribution is 6.28. The minimum atomic E-state index is 0.693. The van der Waals surface area contributed by atoms with Crippen molar-refractivity contribution in [2.45, 2.75) is 6.92 Å². The number of aryl methyl sites for hydroxylation is 2. The quantitative estimate of drug-likeness (QED) is 0.255. The number of para-hydroxylation sites is 2. The Bertz CT molecular complexity index is 2010. The molecule has 36 heavy (non-hydrogen) atoms. The highest BCUT2D eigenvalue weighted by Gasteiger charge is 2.18. The van der Waals surface area contributed by atoms with Crippen LogP contribution in [-0.4, -0.2) is 9.13 Å². The standard InChI is InChI=1S/C33H23N3/c1-21-19-22(20-34)11-16-25(21)23-12-14-24(15-13-23)36-29-10-6-4-8-27(29)33-31(36)18-17-30-32(33)26-7-3-5-9-28(26)35(30)2/h3-19H,1-2H3. The molecule has 0 saturated carbocycles. The zero-order valence-electron chi connectivity index (χ0n) is 20.2. The molecule has 0 amide bonds. The molecule has 170 valence electrons. The van der Waals surface area contributed by atoms with Gasteiger partial charge in [-0.15, -0.1) is 0 Å². The zero-order chi connectivity index (χ0) is 24.4. The van der Waals surface area contributed by atoms with Crippen LogP contribution in [0, 0.1) is 18.3 Å². The van der Waals surface area contributed by atoms with Crippen LogP contribution in [0.5, 0.6) is 0 Å². The molecule has 0 bridgehead atoms. The van der Waals surface area contributed by atoms with E-state index in [9.17, 15) is 5.26 Å². The van der Waals surface area contributed by atoms with Crippen molar-refractivity contribution in [3.63, 3.8) is 0 Å². The van der Waals surface area contributed by atoms with Gasteiger partial charge in [-0.25, -0.2) is 0 Å². The van der Waals surface area contributed by atoms with Crippen LogP contribution in [0.1, 0.15) is 11.1 Å². The van der Waals surface area contributed by atoms with Crippen molar-refractivity contribution in [2.75, 3.05) is 0 Å². The third-order valence-electron chi connectivity index (χ3n) is 7.50. The Labute approximate surface area is 209 Å². The fraction of sp³-hybridized carbons (Fsp3) is 0.0606. The molecule has 0 N–H and O–H groups in total. The van der Waals surface area contributed by atoms with Gasteiger partial charge in [-0.05, 0) is 72.1 Å². The van der Waals surface area contributed by atoms with Crippen LogP contribution in [0.4, 0.5) is 0 Å². The topological polar surface area (TPSA) is 33.6 Å². The third-order valence-corrected chi connectivity index (χ3v) is 7.50. The van der Waals surface area contributed by atoms with Crippen molar-refractivity contribution in [3.8, 4) is 22.9 Å². The summed E-state index contributed by atoms with van der Waals surface area (Å²) in [6, 6.07) is 38.8. The second-order valence-electron chi connectivity index (χ2n) is 9.47. The minimum absolute atomic E-state index is 0.693. The van der Waals surface area contributed by atoms with Gasteiger partial charge >= 0.3 is 0 Å². The van der Waals surface area contributed by atoms with Gasteiger partial charge in [0.15, 0.2) is 0 Å². The van der Waals surface area contributed by atoms with Gasteiger partial charge in [-0.2, -0.15) is 5.26 Å². The fourth-order valence-corrected chi connectivity index (χ4v) is 5.83. The van der Waals surface area contributed by atoms with E-state index in [-0.39, 0.29) is 0 Å². The first-order chi connectivity index (χ1) is 17.7. The summed E-state index contributed by atoms with van der Waals surface area (Å²) in [6.45, 7) is 2.06. The number of rotatable bonds is 2. The molecule has 0 unspecified atom stereocenters. The van der Waals surface area contributed by atoms with Gasteiger partial charge in [0.05, 0.1) is 22.7 Å². The molecule has 3 nitrogen and oxygen atoms in total. The number of hydrogen-bond acceptors (Lipinski definition) is 1. The van der Waals surface area contributed by atoms with Crippen LogP contribution >= 0.6 is 0 Å². The van der Waals surface area contributed by atoms with E-state index in [1.54, 1.807) is 0 Å². The van der Waals surface area contributed by atoms with Crippen LogP contribution in [0.3, 0.4) is 0 Å².